The second kappa shape index (κ2) is 11.1. The predicted octanol–water partition coefficient (Wildman–Crippen LogP) is 3.59. The zero-order valence-corrected chi connectivity index (χ0v) is 13.6. The average Bonchev–Trinajstić information content (AvgIpc) is 2.49. The number of piperidine rings is 1. The molecule has 0 spiro atoms. The molecule has 0 bridgehead atoms. The second-order valence-electron chi connectivity index (χ2n) is 6.23. The van der Waals surface area contributed by atoms with Crippen molar-refractivity contribution >= 4 is 5.91 Å². The zero-order chi connectivity index (χ0) is 14.6. The first kappa shape index (κ1) is 17.5. The molecule has 3 nitrogen and oxygen atoms in total. The Morgan fingerprint density at radius 1 is 1.10 bits per heavy atom. The Kier molecular flexibility index (Phi) is 9.73. The Hall–Kier alpha value is -0.570. The number of hydrogen-bond acceptors (Lipinski definition) is 2. The fourth-order valence-corrected chi connectivity index (χ4v) is 3.03. The molecule has 1 aliphatic heterocycles. The van der Waals surface area contributed by atoms with Crippen LogP contribution in [0.4, 0.5) is 0 Å². The van der Waals surface area contributed by atoms with Crippen LogP contribution in [0.15, 0.2) is 0 Å². The second-order valence-corrected chi connectivity index (χ2v) is 6.23. The van der Waals surface area contributed by atoms with E-state index in [1.165, 1.54) is 51.4 Å². The summed E-state index contributed by atoms with van der Waals surface area (Å²) in [5.41, 5.74) is 0. The number of likely N-dealkylation sites (tertiary alicyclic amines) is 1. The monoisotopic (exact) mass is 282 g/mol. The molecule has 1 saturated heterocycles. The lowest BCUT2D eigenvalue weighted by molar-refractivity contribution is -0.132. The Morgan fingerprint density at radius 2 is 1.75 bits per heavy atom. The van der Waals surface area contributed by atoms with Gasteiger partial charge in [0.2, 0.25) is 5.91 Å². The fraction of sp³-hybridized carbons (Fsp3) is 0.941. The molecule has 1 amide bonds. The minimum absolute atomic E-state index is 0.396. The molecular weight excluding hydrogens is 248 g/mol. The minimum Gasteiger partial charge on any atom is -0.343 e. The van der Waals surface area contributed by atoms with E-state index in [1.54, 1.807) is 0 Å². The Bertz CT molecular complexity index is 247. The van der Waals surface area contributed by atoms with E-state index in [1.807, 2.05) is 7.05 Å². The van der Waals surface area contributed by atoms with E-state index in [2.05, 4.69) is 17.1 Å². The summed E-state index contributed by atoms with van der Waals surface area (Å²) in [7, 11) is 2.01. The maximum absolute atomic E-state index is 12.1. The Morgan fingerprint density at radius 3 is 2.40 bits per heavy atom. The average molecular weight is 282 g/mol. The van der Waals surface area contributed by atoms with E-state index < -0.39 is 0 Å². The third kappa shape index (κ3) is 7.28. The van der Waals surface area contributed by atoms with Crippen molar-refractivity contribution < 1.29 is 4.79 Å². The summed E-state index contributed by atoms with van der Waals surface area (Å²) in [6.45, 7) is 5.33. The van der Waals surface area contributed by atoms with Crippen LogP contribution < -0.4 is 5.32 Å². The van der Waals surface area contributed by atoms with Crippen molar-refractivity contribution in [2.24, 2.45) is 5.92 Å². The van der Waals surface area contributed by atoms with Gasteiger partial charge in [-0.2, -0.15) is 0 Å². The van der Waals surface area contributed by atoms with Crippen molar-refractivity contribution in [1.29, 1.82) is 0 Å². The third-order valence-electron chi connectivity index (χ3n) is 4.51. The van der Waals surface area contributed by atoms with Crippen molar-refractivity contribution in [3.8, 4) is 0 Å². The molecule has 1 rings (SSSR count). The van der Waals surface area contributed by atoms with Crippen LogP contribution in [0.1, 0.15) is 71.1 Å². The van der Waals surface area contributed by atoms with Crippen molar-refractivity contribution in [3.63, 3.8) is 0 Å². The van der Waals surface area contributed by atoms with E-state index in [9.17, 15) is 4.79 Å². The molecule has 118 valence electrons. The summed E-state index contributed by atoms with van der Waals surface area (Å²) in [5.74, 6) is 1.22. The standard InChI is InChI=1S/C17H34N2O/c1-3-4-5-6-7-8-9-17(20)19-14-11-16(12-15-19)10-13-18-2/h16,18H,3-15H2,1-2H3. The van der Waals surface area contributed by atoms with Crippen LogP contribution >= 0.6 is 0 Å². The Labute approximate surface area is 125 Å². The highest BCUT2D eigenvalue weighted by atomic mass is 16.2. The smallest absolute Gasteiger partial charge is 0.222 e. The lowest BCUT2D eigenvalue weighted by Gasteiger charge is -2.32. The molecule has 0 radical (unpaired) electrons. The van der Waals surface area contributed by atoms with Crippen molar-refractivity contribution in [1.82, 2.24) is 10.2 Å². The highest BCUT2D eigenvalue weighted by Gasteiger charge is 2.21. The number of unbranched alkanes of at least 4 members (excludes halogenated alkanes) is 5. The highest BCUT2D eigenvalue weighted by molar-refractivity contribution is 5.76. The third-order valence-corrected chi connectivity index (χ3v) is 4.51. The van der Waals surface area contributed by atoms with Crippen LogP contribution in [-0.4, -0.2) is 37.5 Å². The molecule has 0 aliphatic carbocycles. The lowest BCUT2D eigenvalue weighted by atomic mass is 9.93. The largest absolute Gasteiger partial charge is 0.343 e. The van der Waals surface area contributed by atoms with Crippen LogP contribution in [0.25, 0.3) is 0 Å². The molecule has 3 heteroatoms. The van der Waals surface area contributed by atoms with E-state index in [0.29, 0.717) is 5.91 Å². The van der Waals surface area contributed by atoms with Crippen LogP contribution in [0.3, 0.4) is 0 Å². The molecule has 0 aromatic carbocycles. The van der Waals surface area contributed by atoms with Gasteiger partial charge in [-0.3, -0.25) is 4.79 Å². The quantitative estimate of drug-likeness (QED) is 0.621. The molecule has 0 atom stereocenters. The van der Waals surface area contributed by atoms with Gasteiger partial charge in [-0.15, -0.1) is 0 Å². The fourth-order valence-electron chi connectivity index (χ4n) is 3.03. The van der Waals surface area contributed by atoms with Crippen molar-refractivity contribution in [2.75, 3.05) is 26.7 Å². The molecule has 1 fully saturated rings. The van der Waals surface area contributed by atoms with Crippen molar-refractivity contribution in [2.45, 2.75) is 71.1 Å². The predicted molar refractivity (Wildman–Crippen MR) is 85.8 cm³/mol. The SMILES string of the molecule is CCCCCCCCC(=O)N1CCC(CCNC)CC1. The minimum atomic E-state index is 0.396. The van der Waals surface area contributed by atoms with Gasteiger partial charge in [0.1, 0.15) is 0 Å². The first-order chi connectivity index (χ1) is 9.77. The molecular formula is C17H34N2O. The number of rotatable bonds is 10. The summed E-state index contributed by atoms with van der Waals surface area (Å²) in [6, 6.07) is 0. The summed E-state index contributed by atoms with van der Waals surface area (Å²) in [4.78, 5) is 14.2. The van der Waals surface area contributed by atoms with Gasteiger partial charge in [0.05, 0.1) is 0 Å². The number of amides is 1. The van der Waals surface area contributed by atoms with E-state index >= 15 is 0 Å². The molecule has 0 aromatic heterocycles. The van der Waals surface area contributed by atoms with Gasteiger partial charge in [0.15, 0.2) is 0 Å². The zero-order valence-electron chi connectivity index (χ0n) is 13.6. The summed E-state index contributed by atoms with van der Waals surface area (Å²) in [5, 5.41) is 3.22. The van der Waals surface area contributed by atoms with Gasteiger partial charge in [0, 0.05) is 19.5 Å². The van der Waals surface area contributed by atoms with Crippen LogP contribution in [0, 0.1) is 5.92 Å². The summed E-state index contributed by atoms with van der Waals surface area (Å²) in [6.07, 6.45) is 12.0. The van der Waals surface area contributed by atoms with Gasteiger partial charge >= 0.3 is 0 Å². The van der Waals surface area contributed by atoms with E-state index in [0.717, 1.165) is 38.4 Å². The van der Waals surface area contributed by atoms with E-state index in [4.69, 9.17) is 0 Å². The van der Waals surface area contributed by atoms with Crippen molar-refractivity contribution in [3.05, 3.63) is 0 Å². The van der Waals surface area contributed by atoms with Crippen LogP contribution in [0.5, 0.6) is 0 Å². The maximum Gasteiger partial charge on any atom is 0.222 e. The normalized spacial score (nSPS) is 16.6. The number of nitrogens with zero attached hydrogens (tertiary/aromatic N) is 1. The highest BCUT2D eigenvalue weighted by Crippen LogP contribution is 2.21. The lowest BCUT2D eigenvalue weighted by Crippen LogP contribution is -2.38. The molecule has 1 N–H and O–H groups in total. The number of nitrogens with one attached hydrogen (secondary N) is 1. The number of hydrogen-bond donors (Lipinski definition) is 1. The van der Waals surface area contributed by atoms with Crippen LogP contribution in [0.2, 0.25) is 0 Å². The molecule has 0 saturated carbocycles. The first-order valence-electron chi connectivity index (χ1n) is 8.70. The molecule has 1 heterocycles. The van der Waals surface area contributed by atoms with Gasteiger partial charge < -0.3 is 10.2 Å². The first-order valence-corrected chi connectivity index (χ1v) is 8.70. The van der Waals surface area contributed by atoms with Gasteiger partial charge in [-0.05, 0) is 45.2 Å². The van der Waals surface area contributed by atoms with Gasteiger partial charge in [-0.1, -0.05) is 39.0 Å². The Balaban J connectivity index is 2.04. The molecule has 0 unspecified atom stereocenters. The van der Waals surface area contributed by atoms with Crippen LogP contribution in [-0.2, 0) is 4.79 Å². The molecule has 20 heavy (non-hydrogen) atoms. The van der Waals surface area contributed by atoms with Gasteiger partial charge in [-0.25, -0.2) is 0 Å². The number of carbonyl (C=O) groups excluding carboxylic acids is 1. The molecule has 1 aliphatic rings. The number of carbonyl (C=O) groups is 1. The topological polar surface area (TPSA) is 32.3 Å². The summed E-state index contributed by atoms with van der Waals surface area (Å²) >= 11 is 0. The van der Waals surface area contributed by atoms with Gasteiger partial charge in [0.25, 0.3) is 0 Å². The summed E-state index contributed by atoms with van der Waals surface area (Å²) < 4.78 is 0. The maximum atomic E-state index is 12.1. The van der Waals surface area contributed by atoms with E-state index in [-0.39, 0.29) is 0 Å². The molecule has 0 aromatic rings.